The molecule has 0 radical (unpaired) electrons. The highest BCUT2D eigenvalue weighted by Gasteiger charge is 2.22. The largest absolute Gasteiger partial charge is 0.309 e. The summed E-state index contributed by atoms with van der Waals surface area (Å²) in [6.07, 6.45) is 1.90. The number of benzene rings is 7. The van der Waals surface area contributed by atoms with Crippen LogP contribution in [0.4, 0.5) is 17.1 Å². The van der Waals surface area contributed by atoms with E-state index in [1.807, 2.05) is 12.3 Å². The number of aromatic nitrogens is 1. The normalized spacial score (nSPS) is 11.6. The van der Waals surface area contributed by atoms with Gasteiger partial charge in [0.05, 0.1) is 21.6 Å². The summed E-state index contributed by atoms with van der Waals surface area (Å²) >= 11 is 1.80. The van der Waals surface area contributed by atoms with Crippen molar-refractivity contribution in [2.24, 2.45) is 0 Å². The van der Waals surface area contributed by atoms with Crippen molar-refractivity contribution in [3.8, 4) is 11.1 Å². The van der Waals surface area contributed by atoms with Gasteiger partial charge in [0.15, 0.2) is 0 Å². The smallest absolute Gasteiger partial charge is 0.0909 e. The first-order valence-corrected chi connectivity index (χ1v) is 15.7. The second kappa shape index (κ2) is 10.0. The van der Waals surface area contributed by atoms with Crippen molar-refractivity contribution in [3.05, 3.63) is 158 Å². The Morgan fingerprint density at radius 2 is 1.16 bits per heavy atom. The highest BCUT2D eigenvalue weighted by atomic mass is 32.1. The van der Waals surface area contributed by atoms with E-state index in [1.54, 1.807) is 11.3 Å². The molecule has 0 spiro atoms. The average Bonchev–Trinajstić information content (AvgIpc) is 3.48. The maximum atomic E-state index is 4.88. The van der Waals surface area contributed by atoms with Gasteiger partial charge in [-0.25, -0.2) is 0 Å². The minimum absolute atomic E-state index is 1.05. The predicted octanol–water partition coefficient (Wildman–Crippen LogP) is 12.0. The molecule has 3 heteroatoms. The third-order valence-electron chi connectivity index (χ3n) is 8.67. The van der Waals surface area contributed by atoms with Crippen LogP contribution in [0.3, 0.4) is 0 Å². The Morgan fingerprint density at radius 1 is 0.455 bits per heavy atom. The van der Waals surface area contributed by atoms with Crippen LogP contribution in [0, 0.1) is 0 Å². The van der Waals surface area contributed by atoms with E-state index in [0.717, 1.165) is 22.6 Å². The zero-order chi connectivity index (χ0) is 29.0. The first-order valence-electron chi connectivity index (χ1n) is 14.9. The Bertz CT molecular complexity index is 2490. The summed E-state index contributed by atoms with van der Waals surface area (Å²) in [5.74, 6) is 0. The van der Waals surface area contributed by atoms with Crippen molar-refractivity contribution in [1.82, 2.24) is 4.98 Å². The van der Waals surface area contributed by atoms with Gasteiger partial charge in [-0.05, 0) is 80.5 Å². The molecule has 0 aliphatic heterocycles. The molecule has 0 saturated heterocycles. The molecule has 2 heterocycles. The van der Waals surface area contributed by atoms with E-state index < -0.39 is 0 Å². The van der Waals surface area contributed by atoms with Crippen molar-refractivity contribution in [2.45, 2.75) is 0 Å². The fourth-order valence-electron chi connectivity index (χ4n) is 6.69. The van der Waals surface area contributed by atoms with Crippen LogP contribution >= 0.6 is 11.3 Å². The summed E-state index contributed by atoms with van der Waals surface area (Å²) in [4.78, 5) is 7.32. The summed E-state index contributed by atoms with van der Waals surface area (Å²) in [5.41, 5.74) is 6.85. The third-order valence-corrected chi connectivity index (χ3v) is 9.78. The number of hydrogen-bond acceptors (Lipinski definition) is 3. The second-order valence-electron chi connectivity index (χ2n) is 11.2. The van der Waals surface area contributed by atoms with Crippen LogP contribution in [-0.2, 0) is 0 Å². The Labute approximate surface area is 259 Å². The number of rotatable bonds is 4. The lowest BCUT2D eigenvalue weighted by Gasteiger charge is -2.28. The van der Waals surface area contributed by atoms with Gasteiger partial charge in [-0.2, -0.15) is 0 Å². The van der Waals surface area contributed by atoms with Crippen LogP contribution in [0.5, 0.6) is 0 Å². The van der Waals surface area contributed by atoms with Crippen molar-refractivity contribution in [1.29, 1.82) is 0 Å². The SMILES string of the molecule is c1ccc(-c2ccc(N(c3cc4ccc5ccccc5c4c4ccccc34)c3cccc4sc5cccnc5c34)cc2)cc1. The third kappa shape index (κ3) is 3.90. The van der Waals surface area contributed by atoms with Gasteiger partial charge in [0.25, 0.3) is 0 Å². The molecule has 0 saturated carbocycles. The molecule has 7 aromatic carbocycles. The summed E-state index contributed by atoms with van der Waals surface area (Å²) in [5, 5.41) is 8.71. The number of nitrogens with zero attached hydrogens (tertiary/aromatic N) is 2. The van der Waals surface area contributed by atoms with Gasteiger partial charge in [-0.1, -0.05) is 109 Å². The van der Waals surface area contributed by atoms with Crippen LogP contribution in [0.2, 0.25) is 0 Å². The Hall–Kier alpha value is -5.51. The van der Waals surface area contributed by atoms with Gasteiger partial charge < -0.3 is 4.90 Å². The molecule has 0 amide bonds. The topological polar surface area (TPSA) is 16.1 Å². The highest BCUT2D eigenvalue weighted by Crippen LogP contribution is 2.48. The predicted molar refractivity (Wildman–Crippen MR) is 190 cm³/mol. The lowest BCUT2D eigenvalue weighted by molar-refractivity contribution is 1.32. The maximum absolute atomic E-state index is 4.88. The molecule has 206 valence electrons. The number of thiophene rings is 1. The molecule has 0 fully saturated rings. The Balaban J connectivity index is 1.37. The number of hydrogen-bond donors (Lipinski definition) is 0. The van der Waals surface area contributed by atoms with Crippen LogP contribution in [0.15, 0.2) is 158 Å². The van der Waals surface area contributed by atoms with Crippen molar-refractivity contribution in [3.63, 3.8) is 0 Å². The number of anilines is 3. The van der Waals surface area contributed by atoms with Crippen molar-refractivity contribution < 1.29 is 0 Å². The molecule has 0 N–H and O–H groups in total. The zero-order valence-electron chi connectivity index (χ0n) is 23.8. The first kappa shape index (κ1) is 25.0. The summed E-state index contributed by atoms with van der Waals surface area (Å²) < 4.78 is 2.43. The number of pyridine rings is 1. The maximum Gasteiger partial charge on any atom is 0.0909 e. The fraction of sp³-hybridized carbons (Fsp3) is 0. The van der Waals surface area contributed by atoms with Gasteiger partial charge in [-0.15, -0.1) is 11.3 Å². The fourth-order valence-corrected chi connectivity index (χ4v) is 7.78. The van der Waals surface area contributed by atoms with E-state index in [0.29, 0.717) is 0 Å². The lowest BCUT2D eigenvalue weighted by Crippen LogP contribution is -2.11. The quantitative estimate of drug-likeness (QED) is 0.193. The summed E-state index contributed by atoms with van der Waals surface area (Å²) in [6, 6.07) is 54.8. The molecule has 0 aliphatic rings. The molecule has 0 aliphatic carbocycles. The van der Waals surface area contributed by atoms with Crippen LogP contribution in [-0.4, -0.2) is 4.98 Å². The van der Waals surface area contributed by atoms with Gasteiger partial charge in [0.1, 0.15) is 0 Å². The molecule has 0 atom stereocenters. The van der Waals surface area contributed by atoms with Crippen molar-refractivity contribution >= 4 is 81.0 Å². The number of fused-ring (bicyclic) bond motifs is 8. The molecule has 9 rings (SSSR count). The standard InChI is InChI=1S/C41H26N2S/c1-2-10-27(11-3-1)28-21-23-31(24-22-28)43(35-16-8-17-37-40(35)41-38(44-37)18-9-25-42-41)36-26-30-20-19-29-12-4-5-13-32(29)39(30)34-15-7-6-14-33(34)36/h1-26H. The first-order chi connectivity index (χ1) is 21.8. The average molecular weight is 579 g/mol. The molecular formula is C41H26N2S. The van der Waals surface area contributed by atoms with Gasteiger partial charge in [0, 0.05) is 27.4 Å². The highest BCUT2D eigenvalue weighted by molar-refractivity contribution is 7.25. The van der Waals surface area contributed by atoms with E-state index in [1.165, 1.54) is 58.2 Å². The summed E-state index contributed by atoms with van der Waals surface area (Å²) in [6.45, 7) is 0. The van der Waals surface area contributed by atoms with Crippen LogP contribution in [0.25, 0.3) is 63.7 Å². The molecule has 2 aromatic heterocycles. The van der Waals surface area contributed by atoms with E-state index >= 15 is 0 Å². The van der Waals surface area contributed by atoms with Crippen LogP contribution < -0.4 is 4.90 Å². The van der Waals surface area contributed by atoms with E-state index in [2.05, 4.69) is 150 Å². The van der Waals surface area contributed by atoms with Gasteiger partial charge in [-0.3, -0.25) is 4.98 Å². The second-order valence-corrected chi connectivity index (χ2v) is 12.3. The molecule has 9 aromatic rings. The monoisotopic (exact) mass is 578 g/mol. The molecule has 0 bridgehead atoms. The zero-order valence-corrected chi connectivity index (χ0v) is 24.6. The van der Waals surface area contributed by atoms with E-state index in [4.69, 9.17) is 4.98 Å². The Kier molecular flexibility index (Phi) is 5.71. The molecular weight excluding hydrogens is 553 g/mol. The van der Waals surface area contributed by atoms with E-state index in [-0.39, 0.29) is 0 Å². The molecule has 2 nitrogen and oxygen atoms in total. The van der Waals surface area contributed by atoms with Crippen molar-refractivity contribution in [2.75, 3.05) is 4.90 Å². The Morgan fingerprint density at radius 3 is 2.02 bits per heavy atom. The van der Waals surface area contributed by atoms with Gasteiger partial charge in [0.2, 0.25) is 0 Å². The minimum Gasteiger partial charge on any atom is -0.309 e. The minimum atomic E-state index is 1.05. The summed E-state index contributed by atoms with van der Waals surface area (Å²) in [7, 11) is 0. The molecule has 44 heavy (non-hydrogen) atoms. The van der Waals surface area contributed by atoms with Crippen LogP contribution in [0.1, 0.15) is 0 Å². The van der Waals surface area contributed by atoms with E-state index in [9.17, 15) is 0 Å². The molecule has 0 unspecified atom stereocenters. The van der Waals surface area contributed by atoms with Gasteiger partial charge >= 0.3 is 0 Å². The lowest BCUT2D eigenvalue weighted by atomic mass is 9.94.